The van der Waals surface area contributed by atoms with Crippen LogP contribution in [-0.2, 0) is 20.8 Å². The van der Waals surface area contributed by atoms with E-state index in [-0.39, 0.29) is 35.1 Å². The van der Waals surface area contributed by atoms with Gasteiger partial charge in [0.25, 0.3) is 5.91 Å². The average Bonchev–Trinajstić information content (AvgIpc) is 2.86. The molecule has 0 bridgehead atoms. The summed E-state index contributed by atoms with van der Waals surface area (Å²) < 4.78 is 19.1. The molecule has 186 valence electrons. The Morgan fingerprint density at radius 2 is 1.97 bits per heavy atom. The van der Waals surface area contributed by atoms with E-state index >= 15 is 0 Å². The highest BCUT2D eigenvalue weighted by atomic mass is 16.5. The summed E-state index contributed by atoms with van der Waals surface area (Å²) in [6.45, 7) is 4.82. The van der Waals surface area contributed by atoms with E-state index in [9.17, 15) is 9.59 Å². The summed E-state index contributed by atoms with van der Waals surface area (Å²) in [4.78, 5) is 25.8. The van der Waals surface area contributed by atoms with Crippen LogP contribution >= 0.6 is 0 Å². The average molecular weight is 479 g/mol. The monoisotopic (exact) mass is 478 g/mol. The van der Waals surface area contributed by atoms with Gasteiger partial charge in [-0.15, -0.1) is 0 Å². The zero-order chi connectivity index (χ0) is 24.9. The molecule has 3 atom stereocenters. The Morgan fingerprint density at radius 3 is 2.66 bits per heavy atom. The Bertz CT molecular complexity index is 1180. The van der Waals surface area contributed by atoms with Crippen LogP contribution in [-0.4, -0.2) is 43.4 Å². The third kappa shape index (κ3) is 5.41. The topological polar surface area (TPSA) is 78.8 Å². The fraction of sp³-hybridized carbons (Fsp3) is 0.429. The molecule has 0 saturated heterocycles. The van der Waals surface area contributed by atoms with Crippen molar-refractivity contribution in [2.45, 2.75) is 57.9 Å². The van der Waals surface area contributed by atoms with E-state index in [0.29, 0.717) is 19.6 Å². The molecule has 0 spiro atoms. The summed E-state index contributed by atoms with van der Waals surface area (Å²) in [5.41, 5.74) is 4.06. The summed E-state index contributed by atoms with van der Waals surface area (Å²) >= 11 is 0. The van der Waals surface area contributed by atoms with Gasteiger partial charge in [-0.3, -0.25) is 9.59 Å². The van der Waals surface area contributed by atoms with E-state index in [2.05, 4.69) is 22.9 Å². The lowest BCUT2D eigenvalue weighted by atomic mass is 9.84. The van der Waals surface area contributed by atoms with Gasteiger partial charge in [0.15, 0.2) is 5.43 Å². The Hall–Kier alpha value is -3.16. The first-order chi connectivity index (χ1) is 16.9. The van der Waals surface area contributed by atoms with Crippen molar-refractivity contribution < 1.29 is 19.0 Å². The van der Waals surface area contributed by atoms with E-state index in [1.165, 1.54) is 5.57 Å². The molecule has 3 unspecified atom stereocenters. The fourth-order valence-corrected chi connectivity index (χ4v) is 4.85. The van der Waals surface area contributed by atoms with Crippen LogP contribution in [0, 0.1) is 0 Å². The summed E-state index contributed by atoms with van der Waals surface area (Å²) in [5.74, 6) is 0.434. The molecular weight excluding hydrogens is 444 g/mol. The normalized spacial score (nSPS) is 19.9. The number of nitrogens with zero attached hydrogens (tertiary/aromatic N) is 1. The molecule has 7 nitrogen and oxygen atoms in total. The van der Waals surface area contributed by atoms with Gasteiger partial charge < -0.3 is 24.1 Å². The van der Waals surface area contributed by atoms with Crippen molar-refractivity contribution in [3.63, 3.8) is 0 Å². The number of amides is 1. The molecule has 4 rings (SSSR count). The minimum atomic E-state index is -0.376. The van der Waals surface area contributed by atoms with Crippen molar-refractivity contribution in [1.29, 1.82) is 0 Å². The molecule has 2 aliphatic rings. The number of allylic oxidation sites excluding steroid dienone is 2. The zero-order valence-electron chi connectivity index (χ0n) is 20.9. The summed E-state index contributed by atoms with van der Waals surface area (Å²) in [6, 6.07) is 11.6. The second kappa shape index (κ2) is 11.1. The summed E-state index contributed by atoms with van der Waals surface area (Å²) in [5, 5.41) is 2.85. The number of pyridine rings is 1. The standard InChI is InChI=1S/C28H34N2O5/c1-5-21-11-20-12-27(35-17-19-9-7-6-8-10-19)26(34-4)13-22(20)24-14-25(31)23(15-30(21)24)28(32)29-18(2)16-33-3/h6-10,12,14-15,18,21,26H,5,11,13,16-17H2,1-4H3,(H,29,32). The molecule has 7 heteroatoms. The second-order valence-electron chi connectivity index (χ2n) is 9.19. The Morgan fingerprint density at radius 1 is 1.20 bits per heavy atom. The number of rotatable bonds is 9. The van der Waals surface area contributed by atoms with Crippen LogP contribution in [0.5, 0.6) is 0 Å². The lowest BCUT2D eigenvalue weighted by Crippen LogP contribution is -2.39. The van der Waals surface area contributed by atoms with Gasteiger partial charge in [-0.25, -0.2) is 0 Å². The molecule has 0 radical (unpaired) electrons. The van der Waals surface area contributed by atoms with Crippen molar-refractivity contribution >= 4 is 11.5 Å². The first-order valence-corrected chi connectivity index (χ1v) is 12.1. The van der Waals surface area contributed by atoms with E-state index in [0.717, 1.165) is 35.4 Å². The lowest BCUT2D eigenvalue weighted by molar-refractivity contribution is 0.0588. The Kier molecular flexibility index (Phi) is 7.88. The number of carbonyl (C=O) groups excluding carboxylic acids is 1. The minimum absolute atomic E-state index is 0.137. The van der Waals surface area contributed by atoms with Crippen LogP contribution in [0.15, 0.2) is 64.8 Å². The maximum Gasteiger partial charge on any atom is 0.257 e. The number of hydrogen-bond acceptors (Lipinski definition) is 5. The molecule has 1 aromatic heterocycles. The Labute approximate surface area is 206 Å². The van der Waals surface area contributed by atoms with Crippen LogP contribution < -0.4 is 10.7 Å². The number of benzene rings is 1. The third-order valence-corrected chi connectivity index (χ3v) is 6.69. The lowest BCUT2D eigenvalue weighted by Gasteiger charge is -2.36. The van der Waals surface area contributed by atoms with Gasteiger partial charge in [-0.1, -0.05) is 37.3 Å². The summed E-state index contributed by atoms with van der Waals surface area (Å²) in [6.07, 6.45) is 5.85. The van der Waals surface area contributed by atoms with Crippen molar-refractivity contribution in [1.82, 2.24) is 9.88 Å². The molecule has 0 fully saturated rings. The van der Waals surface area contributed by atoms with Crippen molar-refractivity contribution in [3.8, 4) is 0 Å². The molecule has 35 heavy (non-hydrogen) atoms. The van der Waals surface area contributed by atoms with E-state index in [4.69, 9.17) is 14.2 Å². The minimum Gasteiger partial charge on any atom is -0.490 e. The first-order valence-electron chi connectivity index (χ1n) is 12.1. The number of hydrogen-bond donors (Lipinski definition) is 1. The highest BCUT2D eigenvalue weighted by Crippen LogP contribution is 2.42. The number of methoxy groups -OCH3 is 2. The molecule has 2 aromatic rings. The van der Waals surface area contributed by atoms with Gasteiger partial charge in [0.2, 0.25) is 0 Å². The highest BCUT2D eigenvalue weighted by molar-refractivity contribution is 5.94. The van der Waals surface area contributed by atoms with Crippen molar-refractivity contribution in [2.75, 3.05) is 20.8 Å². The second-order valence-corrected chi connectivity index (χ2v) is 9.19. The molecular formula is C28H34N2O5. The number of aromatic nitrogens is 1. The van der Waals surface area contributed by atoms with E-state index in [1.54, 1.807) is 26.5 Å². The van der Waals surface area contributed by atoms with Gasteiger partial charge in [0.1, 0.15) is 24.0 Å². The van der Waals surface area contributed by atoms with Crippen LogP contribution in [0.25, 0.3) is 5.57 Å². The van der Waals surface area contributed by atoms with Gasteiger partial charge in [0, 0.05) is 50.7 Å². The predicted molar refractivity (Wildman–Crippen MR) is 135 cm³/mol. The van der Waals surface area contributed by atoms with Crippen LogP contribution in [0.3, 0.4) is 0 Å². The molecule has 1 N–H and O–H groups in total. The molecule has 0 saturated carbocycles. The quantitative estimate of drug-likeness (QED) is 0.583. The smallest absolute Gasteiger partial charge is 0.257 e. The van der Waals surface area contributed by atoms with Gasteiger partial charge in [-0.05, 0) is 42.6 Å². The molecule has 1 aliphatic carbocycles. The third-order valence-electron chi connectivity index (χ3n) is 6.69. The Balaban J connectivity index is 1.66. The fourth-order valence-electron chi connectivity index (χ4n) is 4.85. The van der Waals surface area contributed by atoms with Crippen molar-refractivity contribution in [3.05, 3.63) is 87.0 Å². The highest BCUT2D eigenvalue weighted by Gasteiger charge is 2.32. The van der Waals surface area contributed by atoms with Crippen LogP contribution in [0.2, 0.25) is 0 Å². The number of carbonyl (C=O) groups is 1. The molecule has 2 heterocycles. The first kappa shape index (κ1) is 24.9. The number of nitrogens with one attached hydrogen (secondary N) is 1. The van der Waals surface area contributed by atoms with Crippen LogP contribution in [0.4, 0.5) is 0 Å². The van der Waals surface area contributed by atoms with E-state index in [1.807, 2.05) is 37.3 Å². The summed E-state index contributed by atoms with van der Waals surface area (Å²) in [7, 11) is 3.26. The molecule has 1 amide bonds. The van der Waals surface area contributed by atoms with Gasteiger partial charge in [-0.2, -0.15) is 0 Å². The van der Waals surface area contributed by atoms with Gasteiger partial charge in [0.05, 0.1) is 6.61 Å². The number of ether oxygens (including phenoxy) is 3. The predicted octanol–water partition coefficient (Wildman–Crippen LogP) is 4.24. The molecule has 1 aliphatic heterocycles. The molecule has 1 aromatic carbocycles. The van der Waals surface area contributed by atoms with Gasteiger partial charge >= 0.3 is 0 Å². The van der Waals surface area contributed by atoms with Crippen molar-refractivity contribution in [2.24, 2.45) is 0 Å². The zero-order valence-corrected chi connectivity index (χ0v) is 20.9. The maximum absolute atomic E-state index is 13.0. The largest absolute Gasteiger partial charge is 0.490 e. The van der Waals surface area contributed by atoms with Crippen LogP contribution in [0.1, 0.15) is 60.8 Å². The SMILES string of the molecule is CCC1CC2=C(CC(OC)C(OCc3ccccc3)=C2)c2cc(=O)c(C(=O)NC(C)COC)cn21. The number of fused-ring (bicyclic) bond motifs is 2. The van der Waals surface area contributed by atoms with E-state index < -0.39 is 0 Å². The maximum atomic E-state index is 13.0.